The number of halogens is 2. The molecule has 0 unspecified atom stereocenters. The molecule has 5 nitrogen and oxygen atoms in total. The largest absolute Gasteiger partial charge is 0.480 e. The van der Waals surface area contributed by atoms with Crippen LogP contribution in [0.25, 0.3) is 0 Å². The highest BCUT2D eigenvalue weighted by Crippen LogP contribution is 2.19. The fraction of sp³-hybridized carbons (Fsp3) is 0.200. The van der Waals surface area contributed by atoms with E-state index in [4.69, 9.17) is 5.11 Å². The van der Waals surface area contributed by atoms with Crippen molar-refractivity contribution in [3.63, 3.8) is 0 Å². The summed E-state index contributed by atoms with van der Waals surface area (Å²) in [6, 6.07) is 3.46. The number of nitrogens with zero attached hydrogens (tertiary/aromatic N) is 1. The van der Waals surface area contributed by atoms with Gasteiger partial charge < -0.3 is 15.3 Å². The number of amides is 2. The van der Waals surface area contributed by atoms with Crippen LogP contribution in [-0.2, 0) is 4.79 Å². The third kappa shape index (κ3) is 4.03. The van der Waals surface area contributed by atoms with Crippen LogP contribution < -0.4 is 5.32 Å². The second kappa shape index (κ2) is 5.62. The maximum Gasteiger partial charge on any atom is 0.323 e. The zero-order valence-corrected chi connectivity index (χ0v) is 10.5. The molecule has 0 spiro atoms. The number of nitrogens with one attached hydrogen (secondary N) is 1. The Bertz CT molecular complexity index is 453. The van der Waals surface area contributed by atoms with E-state index in [0.717, 1.165) is 4.90 Å². The van der Waals surface area contributed by atoms with Crippen molar-refractivity contribution in [2.45, 2.75) is 0 Å². The molecule has 0 aliphatic heterocycles. The van der Waals surface area contributed by atoms with Crippen LogP contribution in [0.1, 0.15) is 0 Å². The van der Waals surface area contributed by atoms with Crippen LogP contribution in [0.4, 0.5) is 14.9 Å². The smallest absolute Gasteiger partial charge is 0.323 e. The normalized spacial score (nSPS) is 9.82. The molecule has 92 valence electrons. The Kier molecular flexibility index (Phi) is 4.45. The number of urea groups is 1. The average molecular weight is 305 g/mol. The minimum absolute atomic E-state index is 0.00422. The Morgan fingerprint density at radius 2 is 2.18 bits per heavy atom. The Labute approximate surface area is 105 Å². The molecule has 0 heterocycles. The molecule has 1 rings (SSSR count). The van der Waals surface area contributed by atoms with Crippen molar-refractivity contribution < 1.29 is 19.1 Å². The summed E-state index contributed by atoms with van der Waals surface area (Å²) in [5, 5.41) is 10.8. The monoisotopic (exact) mass is 304 g/mol. The van der Waals surface area contributed by atoms with Gasteiger partial charge in [0, 0.05) is 11.5 Å². The Hall–Kier alpha value is -1.63. The van der Waals surface area contributed by atoms with E-state index in [1.165, 1.54) is 19.2 Å². The Balaban J connectivity index is 2.71. The number of hydrogen-bond acceptors (Lipinski definition) is 2. The molecule has 0 saturated heterocycles. The zero-order chi connectivity index (χ0) is 13.0. The van der Waals surface area contributed by atoms with E-state index >= 15 is 0 Å². The van der Waals surface area contributed by atoms with Crippen LogP contribution in [0.5, 0.6) is 0 Å². The van der Waals surface area contributed by atoms with Crippen LogP contribution in [0, 0.1) is 5.82 Å². The summed E-state index contributed by atoms with van der Waals surface area (Å²) in [7, 11) is 1.31. The standard InChI is InChI=1S/C10H10BrFN2O3/c1-14(5-9(15)16)10(17)13-8-3-2-6(11)4-7(8)12/h2-4H,5H2,1H3,(H,13,17)(H,15,16). The van der Waals surface area contributed by atoms with Gasteiger partial charge >= 0.3 is 12.0 Å². The van der Waals surface area contributed by atoms with Crippen LogP contribution >= 0.6 is 15.9 Å². The minimum atomic E-state index is -1.14. The highest BCUT2D eigenvalue weighted by Gasteiger charge is 2.13. The molecule has 0 atom stereocenters. The maximum atomic E-state index is 13.4. The molecule has 7 heteroatoms. The first-order valence-corrected chi connectivity index (χ1v) is 5.38. The predicted molar refractivity (Wildman–Crippen MR) is 63.4 cm³/mol. The molecule has 1 aromatic carbocycles. The number of anilines is 1. The number of carbonyl (C=O) groups is 2. The molecule has 0 radical (unpaired) electrons. The molecule has 0 aliphatic rings. The van der Waals surface area contributed by atoms with Gasteiger partial charge in [-0.15, -0.1) is 0 Å². The summed E-state index contributed by atoms with van der Waals surface area (Å²) in [6.07, 6.45) is 0. The van der Waals surface area contributed by atoms with Crippen LogP contribution in [-0.4, -0.2) is 35.6 Å². The Morgan fingerprint density at radius 3 is 2.71 bits per heavy atom. The number of carboxylic acid groups (broad SMARTS) is 1. The molecule has 0 saturated carbocycles. The molecule has 2 amide bonds. The molecular formula is C10H10BrFN2O3. The third-order valence-corrected chi connectivity index (χ3v) is 2.39. The summed E-state index contributed by atoms with van der Waals surface area (Å²) >= 11 is 3.08. The van der Waals surface area contributed by atoms with Crippen LogP contribution in [0.2, 0.25) is 0 Å². The number of carbonyl (C=O) groups excluding carboxylic acids is 1. The molecule has 0 fully saturated rings. The average Bonchev–Trinajstić information content (AvgIpc) is 2.21. The van der Waals surface area contributed by atoms with E-state index in [1.54, 1.807) is 6.07 Å². The van der Waals surface area contributed by atoms with Gasteiger partial charge in [-0.05, 0) is 18.2 Å². The van der Waals surface area contributed by atoms with Crippen molar-refractivity contribution in [3.05, 3.63) is 28.5 Å². The van der Waals surface area contributed by atoms with Gasteiger partial charge in [-0.2, -0.15) is 0 Å². The van der Waals surface area contributed by atoms with E-state index < -0.39 is 24.4 Å². The van der Waals surface area contributed by atoms with Crippen molar-refractivity contribution in [2.24, 2.45) is 0 Å². The van der Waals surface area contributed by atoms with Crippen molar-refractivity contribution >= 4 is 33.6 Å². The lowest BCUT2D eigenvalue weighted by atomic mass is 10.3. The Morgan fingerprint density at radius 1 is 1.53 bits per heavy atom. The summed E-state index contributed by atoms with van der Waals surface area (Å²) in [5.41, 5.74) is -0.00422. The zero-order valence-electron chi connectivity index (χ0n) is 8.91. The molecule has 0 aromatic heterocycles. The van der Waals surface area contributed by atoms with Crippen molar-refractivity contribution in [3.8, 4) is 0 Å². The van der Waals surface area contributed by atoms with Gasteiger partial charge in [0.15, 0.2) is 0 Å². The molecule has 0 bridgehead atoms. The van der Waals surface area contributed by atoms with Gasteiger partial charge in [0.1, 0.15) is 12.4 Å². The van der Waals surface area contributed by atoms with Crippen LogP contribution in [0.15, 0.2) is 22.7 Å². The van der Waals surface area contributed by atoms with E-state index in [2.05, 4.69) is 21.2 Å². The third-order valence-electron chi connectivity index (χ3n) is 1.89. The lowest BCUT2D eigenvalue weighted by molar-refractivity contribution is -0.137. The molecule has 2 N–H and O–H groups in total. The van der Waals surface area contributed by atoms with Gasteiger partial charge in [0.25, 0.3) is 0 Å². The number of benzene rings is 1. The van der Waals surface area contributed by atoms with E-state index in [-0.39, 0.29) is 5.69 Å². The first kappa shape index (κ1) is 13.4. The van der Waals surface area contributed by atoms with Crippen molar-refractivity contribution in [2.75, 3.05) is 18.9 Å². The topological polar surface area (TPSA) is 69.6 Å². The fourth-order valence-electron chi connectivity index (χ4n) is 1.08. The quantitative estimate of drug-likeness (QED) is 0.899. The first-order valence-electron chi connectivity index (χ1n) is 4.59. The lowest BCUT2D eigenvalue weighted by Gasteiger charge is -2.15. The summed E-state index contributed by atoms with van der Waals surface area (Å²) in [6.45, 7) is -0.454. The summed E-state index contributed by atoms with van der Waals surface area (Å²) in [5.74, 6) is -1.74. The lowest BCUT2D eigenvalue weighted by Crippen LogP contribution is -2.35. The number of rotatable bonds is 3. The van der Waals surface area contributed by atoms with E-state index in [0.29, 0.717) is 4.47 Å². The van der Waals surface area contributed by atoms with Gasteiger partial charge in [-0.25, -0.2) is 9.18 Å². The summed E-state index contributed by atoms with van der Waals surface area (Å²) in [4.78, 5) is 22.8. The number of likely N-dealkylation sites (N-methyl/N-ethyl adjacent to an activating group) is 1. The molecular weight excluding hydrogens is 295 g/mol. The van der Waals surface area contributed by atoms with Crippen molar-refractivity contribution in [1.29, 1.82) is 0 Å². The minimum Gasteiger partial charge on any atom is -0.480 e. The van der Waals surface area contributed by atoms with Crippen LogP contribution in [0.3, 0.4) is 0 Å². The second-order valence-corrected chi connectivity index (χ2v) is 4.22. The van der Waals surface area contributed by atoms with Gasteiger partial charge in [-0.1, -0.05) is 15.9 Å². The van der Waals surface area contributed by atoms with Gasteiger partial charge in [0.2, 0.25) is 0 Å². The highest BCUT2D eigenvalue weighted by molar-refractivity contribution is 9.10. The van der Waals surface area contributed by atoms with E-state index in [1.807, 2.05) is 0 Å². The fourth-order valence-corrected chi connectivity index (χ4v) is 1.41. The SMILES string of the molecule is CN(CC(=O)O)C(=O)Nc1ccc(Br)cc1F. The summed E-state index contributed by atoms with van der Waals surface area (Å²) < 4.78 is 13.9. The number of hydrogen-bond donors (Lipinski definition) is 2. The number of aliphatic carboxylic acids is 1. The van der Waals surface area contributed by atoms with Crippen molar-refractivity contribution in [1.82, 2.24) is 4.90 Å². The highest BCUT2D eigenvalue weighted by atomic mass is 79.9. The first-order chi connectivity index (χ1) is 7.90. The van der Waals surface area contributed by atoms with E-state index in [9.17, 15) is 14.0 Å². The second-order valence-electron chi connectivity index (χ2n) is 3.30. The van der Waals surface area contributed by atoms with Gasteiger partial charge in [-0.3, -0.25) is 4.79 Å². The number of carboxylic acids is 1. The molecule has 0 aliphatic carbocycles. The molecule has 1 aromatic rings. The molecule has 17 heavy (non-hydrogen) atoms. The predicted octanol–water partition coefficient (Wildman–Crippen LogP) is 2.14. The maximum absolute atomic E-state index is 13.4. The van der Waals surface area contributed by atoms with Gasteiger partial charge in [0.05, 0.1) is 5.69 Å².